The molecule has 1 aromatic carbocycles. The number of hydrogen-bond donors (Lipinski definition) is 0. The van der Waals surface area contributed by atoms with Crippen LogP contribution in [0.4, 0.5) is 4.39 Å². The number of nitrogens with zero attached hydrogens (tertiary/aromatic N) is 1. The highest BCUT2D eigenvalue weighted by molar-refractivity contribution is 9.10. The van der Waals surface area contributed by atoms with Gasteiger partial charge in [0.1, 0.15) is 5.82 Å². The number of carbonyl (C=O) groups excluding carboxylic acids is 1. The number of aromatic nitrogens is 1. The highest BCUT2D eigenvalue weighted by Crippen LogP contribution is 2.30. The number of methoxy groups -OCH3 is 1. The summed E-state index contributed by atoms with van der Waals surface area (Å²) in [4.78, 5) is 11.5. The molecule has 0 fully saturated rings. The van der Waals surface area contributed by atoms with Gasteiger partial charge in [-0.3, -0.25) is 0 Å². The van der Waals surface area contributed by atoms with E-state index in [4.69, 9.17) is 0 Å². The summed E-state index contributed by atoms with van der Waals surface area (Å²) in [5, 5.41) is 0.281. The molecular weight excluding hydrogens is 277 g/mol. The number of halogens is 2. The number of ether oxygens (including phenoxy) is 1. The molecule has 0 aliphatic carbocycles. The number of aryl methyl sites for hydroxylation is 1. The van der Waals surface area contributed by atoms with Crippen LogP contribution in [0.5, 0.6) is 0 Å². The molecule has 2 rings (SSSR count). The molecule has 0 spiro atoms. The number of hydrogen-bond acceptors (Lipinski definition) is 2. The Labute approximate surface area is 99.9 Å². The summed E-state index contributed by atoms with van der Waals surface area (Å²) in [5.41, 5.74) is 0.874. The average Bonchev–Trinajstić information content (AvgIpc) is 2.62. The van der Waals surface area contributed by atoms with Gasteiger partial charge in [0, 0.05) is 17.7 Å². The lowest BCUT2D eigenvalue weighted by molar-refractivity contribution is 0.0602. The van der Waals surface area contributed by atoms with Gasteiger partial charge in [0.15, 0.2) is 0 Å². The minimum atomic E-state index is -0.539. The fraction of sp³-hybridized carbons (Fsp3) is 0.182. The number of carbonyl (C=O) groups is 1. The van der Waals surface area contributed by atoms with Crippen LogP contribution in [-0.2, 0) is 11.8 Å². The van der Waals surface area contributed by atoms with Crippen molar-refractivity contribution in [3.63, 3.8) is 0 Å². The van der Waals surface area contributed by atoms with Crippen molar-refractivity contribution in [1.29, 1.82) is 0 Å². The van der Waals surface area contributed by atoms with Crippen molar-refractivity contribution in [3.8, 4) is 0 Å². The Balaban J connectivity index is 2.88. The van der Waals surface area contributed by atoms with Crippen molar-refractivity contribution in [1.82, 2.24) is 4.57 Å². The van der Waals surface area contributed by atoms with Gasteiger partial charge in [0.2, 0.25) is 0 Å². The lowest BCUT2D eigenvalue weighted by atomic mass is 10.1. The summed E-state index contributed by atoms with van der Waals surface area (Å²) in [6.07, 6.45) is 1.56. The van der Waals surface area contributed by atoms with Crippen molar-refractivity contribution in [3.05, 3.63) is 34.2 Å². The molecule has 3 nitrogen and oxygen atoms in total. The number of fused-ring (bicyclic) bond motifs is 1. The topological polar surface area (TPSA) is 31.2 Å². The zero-order valence-electron chi connectivity index (χ0n) is 8.75. The van der Waals surface area contributed by atoms with E-state index in [1.165, 1.54) is 13.2 Å². The molecule has 0 bridgehead atoms. The third-order valence-corrected chi connectivity index (χ3v) is 3.07. The van der Waals surface area contributed by atoms with Crippen molar-refractivity contribution in [2.45, 2.75) is 0 Å². The van der Waals surface area contributed by atoms with Gasteiger partial charge in [-0.05, 0) is 28.1 Å². The van der Waals surface area contributed by atoms with Crippen molar-refractivity contribution in [2.75, 3.05) is 7.11 Å². The summed E-state index contributed by atoms with van der Waals surface area (Å²) in [6.45, 7) is 0. The number of esters is 1. The van der Waals surface area contributed by atoms with Gasteiger partial charge in [-0.15, -0.1) is 0 Å². The lowest BCUT2D eigenvalue weighted by Gasteiger charge is -2.00. The molecule has 0 atom stereocenters. The lowest BCUT2D eigenvalue weighted by Crippen LogP contribution is -2.00. The van der Waals surface area contributed by atoms with Gasteiger partial charge in [0.05, 0.1) is 23.6 Å². The van der Waals surface area contributed by atoms with E-state index >= 15 is 0 Å². The van der Waals surface area contributed by atoms with Gasteiger partial charge in [-0.25, -0.2) is 9.18 Å². The third-order valence-electron chi connectivity index (χ3n) is 2.43. The van der Waals surface area contributed by atoms with Crippen LogP contribution in [0.1, 0.15) is 10.4 Å². The van der Waals surface area contributed by atoms with Crippen molar-refractivity contribution < 1.29 is 13.9 Å². The first kappa shape index (κ1) is 11.1. The molecule has 0 radical (unpaired) electrons. The van der Waals surface area contributed by atoms with Crippen LogP contribution < -0.4 is 0 Å². The van der Waals surface area contributed by atoms with Gasteiger partial charge < -0.3 is 9.30 Å². The summed E-state index contributed by atoms with van der Waals surface area (Å²) in [5.74, 6) is -0.971. The Morgan fingerprint density at radius 2 is 2.19 bits per heavy atom. The largest absolute Gasteiger partial charge is 0.465 e. The van der Waals surface area contributed by atoms with Gasteiger partial charge >= 0.3 is 5.97 Å². The van der Waals surface area contributed by atoms with Gasteiger partial charge in [-0.1, -0.05) is 0 Å². The SMILES string of the molecule is COC(=O)c1cn(C)c2c(Br)ccc(F)c12. The van der Waals surface area contributed by atoms with E-state index < -0.39 is 11.8 Å². The van der Waals surface area contributed by atoms with E-state index in [0.29, 0.717) is 5.52 Å². The van der Waals surface area contributed by atoms with Gasteiger partial charge in [-0.2, -0.15) is 0 Å². The first-order chi connectivity index (χ1) is 7.56. The average molecular weight is 286 g/mol. The summed E-state index contributed by atoms with van der Waals surface area (Å²) < 4.78 is 20.7. The minimum Gasteiger partial charge on any atom is -0.465 e. The molecule has 0 N–H and O–H groups in total. The number of rotatable bonds is 1. The fourth-order valence-corrected chi connectivity index (χ4v) is 2.34. The standard InChI is InChI=1S/C11H9BrFNO2/c1-14-5-6(11(15)16-2)9-8(13)4-3-7(12)10(9)14/h3-5H,1-2H3. The molecule has 0 unspecified atom stereocenters. The maximum absolute atomic E-state index is 13.7. The number of benzene rings is 1. The van der Waals surface area contributed by atoms with Crippen LogP contribution >= 0.6 is 15.9 Å². The van der Waals surface area contributed by atoms with Gasteiger partial charge in [0.25, 0.3) is 0 Å². The molecule has 84 valence electrons. The monoisotopic (exact) mass is 285 g/mol. The smallest absolute Gasteiger partial charge is 0.340 e. The molecule has 0 saturated carbocycles. The maximum atomic E-state index is 13.7. The molecule has 5 heteroatoms. The maximum Gasteiger partial charge on any atom is 0.340 e. The van der Waals surface area contributed by atoms with Crippen molar-refractivity contribution in [2.24, 2.45) is 7.05 Å². The zero-order chi connectivity index (χ0) is 11.9. The second kappa shape index (κ2) is 3.90. The Morgan fingerprint density at radius 3 is 2.81 bits per heavy atom. The molecular formula is C11H9BrFNO2. The first-order valence-electron chi connectivity index (χ1n) is 4.57. The Hall–Kier alpha value is -1.36. The normalized spacial score (nSPS) is 10.8. The third kappa shape index (κ3) is 1.51. The molecule has 0 aliphatic rings. The fourth-order valence-electron chi connectivity index (χ4n) is 1.73. The first-order valence-corrected chi connectivity index (χ1v) is 5.37. The van der Waals surface area contributed by atoms with E-state index in [1.54, 1.807) is 23.9 Å². The quantitative estimate of drug-likeness (QED) is 0.755. The molecule has 2 aromatic rings. The van der Waals surface area contributed by atoms with E-state index in [1.807, 2.05) is 0 Å². The predicted octanol–water partition coefficient (Wildman–Crippen LogP) is 2.87. The van der Waals surface area contributed by atoms with Crippen LogP contribution in [0.2, 0.25) is 0 Å². The predicted molar refractivity (Wildman–Crippen MR) is 61.9 cm³/mol. The van der Waals surface area contributed by atoms with E-state index in [9.17, 15) is 9.18 Å². The van der Waals surface area contributed by atoms with Crippen molar-refractivity contribution >= 4 is 32.8 Å². The zero-order valence-corrected chi connectivity index (χ0v) is 10.3. The van der Waals surface area contributed by atoms with Crippen LogP contribution in [0.15, 0.2) is 22.8 Å². The molecule has 1 aromatic heterocycles. The molecule has 0 aliphatic heterocycles. The second-order valence-corrected chi connectivity index (χ2v) is 4.25. The Morgan fingerprint density at radius 1 is 1.50 bits per heavy atom. The molecule has 0 amide bonds. The van der Waals surface area contributed by atoms with E-state index in [2.05, 4.69) is 20.7 Å². The Bertz CT molecular complexity index is 577. The Kier molecular flexibility index (Phi) is 2.71. The highest BCUT2D eigenvalue weighted by Gasteiger charge is 2.19. The second-order valence-electron chi connectivity index (χ2n) is 3.40. The van der Waals surface area contributed by atoms with Crippen LogP contribution in [-0.4, -0.2) is 17.6 Å². The molecule has 0 saturated heterocycles. The summed E-state index contributed by atoms with van der Waals surface area (Å²) >= 11 is 3.33. The molecule has 1 heterocycles. The van der Waals surface area contributed by atoms with Crippen LogP contribution in [0.25, 0.3) is 10.9 Å². The molecule has 16 heavy (non-hydrogen) atoms. The summed E-state index contributed by atoms with van der Waals surface area (Å²) in [6, 6.07) is 2.93. The summed E-state index contributed by atoms with van der Waals surface area (Å²) in [7, 11) is 3.02. The minimum absolute atomic E-state index is 0.235. The van der Waals surface area contributed by atoms with Crippen LogP contribution in [0.3, 0.4) is 0 Å². The van der Waals surface area contributed by atoms with Crippen LogP contribution in [0, 0.1) is 5.82 Å². The van der Waals surface area contributed by atoms with E-state index in [0.717, 1.165) is 4.47 Å². The highest BCUT2D eigenvalue weighted by atomic mass is 79.9. The van der Waals surface area contributed by atoms with E-state index in [-0.39, 0.29) is 10.9 Å².